The van der Waals surface area contributed by atoms with Gasteiger partial charge in [-0.15, -0.1) is 0 Å². The lowest BCUT2D eigenvalue weighted by molar-refractivity contribution is -0.697. The number of benzene rings is 1. The first-order valence-corrected chi connectivity index (χ1v) is 6.00. The Kier molecular flexibility index (Phi) is 4.31. The largest absolute Gasteiger partial charge is 0.455 e. The Balaban J connectivity index is 1.84. The Morgan fingerprint density at radius 3 is 2.44 bits per heavy atom. The Labute approximate surface area is 111 Å². The topological polar surface area (TPSA) is 30.2 Å². The second-order valence-corrected chi connectivity index (χ2v) is 4.19. The van der Waals surface area contributed by atoms with Crippen LogP contribution >= 0.6 is 11.6 Å². The molecule has 2 aromatic rings. The number of halogens is 1. The molecule has 18 heavy (non-hydrogen) atoms. The molecule has 0 radical (unpaired) electrons. The Morgan fingerprint density at radius 1 is 1.11 bits per heavy atom. The van der Waals surface area contributed by atoms with E-state index in [2.05, 4.69) is 0 Å². The predicted octanol–water partition coefficient (Wildman–Crippen LogP) is 2.48. The first-order valence-electron chi connectivity index (χ1n) is 5.62. The molecule has 0 bridgehead atoms. The maximum Gasteiger partial charge on any atom is 0.338 e. The number of pyridine rings is 1. The molecule has 92 valence electrons. The van der Waals surface area contributed by atoms with E-state index < -0.39 is 0 Å². The molecule has 0 atom stereocenters. The molecule has 0 spiro atoms. The molecule has 2 rings (SSSR count). The van der Waals surface area contributed by atoms with E-state index in [1.54, 1.807) is 24.3 Å². The fourth-order valence-electron chi connectivity index (χ4n) is 1.50. The SMILES string of the molecule is O=C(OCC[n+]1ccccc1)c1ccc(Cl)cc1. The average Bonchev–Trinajstić information content (AvgIpc) is 2.40. The summed E-state index contributed by atoms with van der Waals surface area (Å²) in [6.45, 7) is 0.982. The zero-order valence-electron chi connectivity index (χ0n) is 9.75. The third-order valence-corrected chi connectivity index (χ3v) is 2.69. The minimum Gasteiger partial charge on any atom is -0.455 e. The van der Waals surface area contributed by atoms with Crippen LogP contribution in [0.15, 0.2) is 54.9 Å². The van der Waals surface area contributed by atoms with Crippen LogP contribution in [0.2, 0.25) is 5.02 Å². The molecule has 0 amide bonds. The number of aromatic nitrogens is 1. The lowest BCUT2D eigenvalue weighted by atomic mass is 10.2. The normalized spacial score (nSPS) is 10.1. The van der Waals surface area contributed by atoms with Gasteiger partial charge < -0.3 is 4.74 Å². The van der Waals surface area contributed by atoms with Crippen LogP contribution in [0.5, 0.6) is 0 Å². The van der Waals surface area contributed by atoms with E-state index in [9.17, 15) is 4.79 Å². The average molecular weight is 263 g/mol. The van der Waals surface area contributed by atoms with Crippen LogP contribution in [0.1, 0.15) is 10.4 Å². The van der Waals surface area contributed by atoms with Crippen molar-refractivity contribution in [2.24, 2.45) is 0 Å². The highest BCUT2D eigenvalue weighted by molar-refractivity contribution is 6.30. The molecule has 0 saturated carbocycles. The number of hydrogen-bond donors (Lipinski definition) is 0. The van der Waals surface area contributed by atoms with Crippen molar-refractivity contribution in [1.29, 1.82) is 0 Å². The molecule has 0 fully saturated rings. The van der Waals surface area contributed by atoms with Crippen molar-refractivity contribution < 1.29 is 14.1 Å². The third-order valence-electron chi connectivity index (χ3n) is 2.44. The van der Waals surface area contributed by atoms with Crippen LogP contribution in [-0.2, 0) is 11.3 Å². The molecule has 0 aliphatic heterocycles. The highest BCUT2D eigenvalue weighted by Gasteiger charge is 2.07. The van der Waals surface area contributed by atoms with Crippen LogP contribution in [0.25, 0.3) is 0 Å². The van der Waals surface area contributed by atoms with Gasteiger partial charge in [0.25, 0.3) is 0 Å². The van der Waals surface area contributed by atoms with E-state index in [0.717, 1.165) is 0 Å². The van der Waals surface area contributed by atoms with Crippen LogP contribution < -0.4 is 4.57 Å². The third kappa shape index (κ3) is 3.57. The number of carbonyl (C=O) groups is 1. The highest BCUT2D eigenvalue weighted by atomic mass is 35.5. The van der Waals surface area contributed by atoms with Gasteiger partial charge in [-0.05, 0) is 24.3 Å². The number of hydrogen-bond acceptors (Lipinski definition) is 2. The lowest BCUT2D eigenvalue weighted by Gasteiger charge is -2.02. The van der Waals surface area contributed by atoms with Gasteiger partial charge >= 0.3 is 5.97 Å². The fourth-order valence-corrected chi connectivity index (χ4v) is 1.62. The summed E-state index contributed by atoms with van der Waals surface area (Å²) in [6.07, 6.45) is 3.85. The van der Waals surface area contributed by atoms with Gasteiger partial charge in [-0.1, -0.05) is 17.7 Å². The Morgan fingerprint density at radius 2 is 1.78 bits per heavy atom. The number of nitrogens with zero attached hydrogens (tertiary/aromatic N) is 1. The van der Waals surface area contributed by atoms with Crippen molar-refractivity contribution in [3.63, 3.8) is 0 Å². The lowest BCUT2D eigenvalue weighted by Crippen LogP contribution is -2.35. The first kappa shape index (κ1) is 12.6. The highest BCUT2D eigenvalue weighted by Crippen LogP contribution is 2.10. The van der Waals surface area contributed by atoms with Gasteiger partial charge in [-0.3, -0.25) is 0 Å². The van der Waals surface area contributed by atoms with Gasteiger partial charge in [-0.2, -0.15) is 0 Å². The first-order chi connectivity index (χ1) is 8.75. The summed E-state index contributed by atoms with van der Waals surface area (Å²) in [7, 11) is 0. The molecule has 0 N–H and O–H groups in total. The zero-order valence-corrected chi connectivity index (χ0v) is 10.5. The van der Waals surface area contributed by atoms with Gasteiger partial charge in [0, 0.05) is 17.2 Å². The van der Waals surface area contributed by atoms with Crippen molar-refractivity contribution in [3.8, 4) is 0 Å². The second kappa shape index (κ2) is 6.17. The summed E-state index contributed by atoms with van der Waals surface area (Å²) < 4.78 is 7.12. The van der Waals surface area contributed by atoms with E-state index in [0.29, 0.717) is 23.7 Å². The van der Waals surface area contributed by atoms with Crippen LogP contribution in [0.3, 0.4) is 0 Å². The van der Waals surface area contributed by atoms with Crippen LogP contribution in [0.4, 0.5) is 0 Å². The summed E-state index contributed by atoms with van der Waals surface area (Å²) in [5.41, 5.74) is 0.512. The van der Waals surface area contributed by atoms with E-state index in [-0.39, 0.29) is 5.97 Å². The van der Waals surface area contributed by atoms with Crippen LogP contribution in [-0.4, -0.2) is 12.6 Å². The summed E-state index contributed by atoms with van der Waals surface area (Å²) in [6, 6.07) is 12.5. The van der Waals surface area contributed by atoms with Crippen molar-refractivity contribution >= 4 is 17.6 Å². The second-order valence-electron chi connectivity index (χ2n) is 3.76. The van der Waals surface area contributed by atoms with E-state index in [1.807, 2.05) is 35.2 Å². The van der Waals surface area contributed by atoms with Gasteiger partial charge in [-0.25, -0.2) is 9.36 Å². The molecule has 1 aromatic carbocycles. The zero-order chi connectivity index (χ0) is 12.8. The maximum absolute atomic E-state index is 11.7. The van der Waals surface area contributed by atoms with Crippen LogP contribution in [0, 0.1) is 0 Å². The van der Waals surface area contributed by atoms with Gasteiger partial charge in [0.1, 0.15) is 0 Å². The molecule has 1 heterocycles. The number of esters is 1. The number of carbonyl (C=O) groups excluding carboxylic acids is 1. The summed E-state index contributed by atoms with van der Waals surface area (Å²) in [5, 5.41) is 0.603. The van der Waals surface area contributed by atoms with Crippen molar-refractivity contribution in [2.45, 2.75) is 6.54 Å². The molecule has 0 unspecified atom stereocenters. The maximum atomic E-state index is 11.7. The molecule has 4 heteroatoms. The van der Waals surface area contributed by atoms with Gasteiger partial charge in [0.2, 0.25) is 0 Å². The predicted molar refractivity (Wildman–Crippen MR) is 68.4 cm³/mol. The summed E-state index contributed by atoms with van der Waals surface area (Å²) in [4.78, 5) is 11.7. The standard InChI is InChI=1S/C14H13ClNO2/c15-13-6-4-12(5-7-13)14(17)18-11-10-16-8-2-1-3-9-16/h1-9H,10-11H2/q+1. The quantitative estimate of drug-likeness (QED) is 0.626. The molecule has 0 saturated heterocycles. The molecule has 1 aromatic heterocycles. The number of ether oxygens (including phenoxy) is 1. The smallest absolute Gasteiger partial charge is 0.338 e. The number of rotatable bonds is 4. The van der Waals surface area contributed by atoms with E-state index in [4.69, 9.17) is 16.3 Å². The molecule has 0 aliphatic rings. The molecule has 0 aliphatic carbocycles. The Hall–Kier alpha value is -1.87. The molecule has 3 nitrogen and oxygen atoms in total. The Bertz CT molecular complexity index is 511. The minimum absolute atomic E-state index is 0.330. The van der Waals surface area contributed by atoms with Gasteiger partial charge in [0.15, 0.2) is 25.5 Å². The van der Waals surface area contributed by atoms with Crippen molar-refractivity contribution in [3.05, 3.63) is 65.4 Å². The van der Waals surface area contributed by atoms with Crippen molar-refractivity contribution in [2.75, 3.05) is 6.61 Å². The minimum atomic E-state index is -0.330. The molecular formula is C14H13ClNO2+. The summed E-state index contributed by atoms with van der Waals surface area (Å²) in [5.74, 6) is -0.330. The fraction of sp³-hybridized carbons (Fsp3) is 0.143. The monoisotopic (exact) mass is 262 g/mol. The van der Waals surface area contributed by atoms with Crippen molar-refractivity contribution in [1.82, 2.24) is 0 Å². The van der Waals surface area contributed by atoms with Gasteiger partial charge in [0.05, 0.1) is 5.56 Å². The summed E-state index contributed by atoms with van der Waals surface area (Å²) >= 11 is 5.75. The molecular weight excluding hydrogens is 250 g/mol. The van der Waals surface area contributed by atoms with E-state index >= 15 is 0 Å². The van der Waals surface area contributed by atoms with E-state index in [1.165, 1.54) is 0 Å².